The van der Waals surface area contributed by atoms with Gasteiger partial charge in [0.1, 0.15) is 18.1 Å². The topological polar surface area (TPSA) is 34.2 Å². The molecule has 3 heteroatoms. The number of aryl methyl sites for hydroxylation is 1. The molecule has 0 radical (unpaired) electrons. The molecule has 1 heterocycles. The quantitative estimate of drug-likeness (QED) is 0.773. The summed E-state index contributed by atoms with van der Waals surface area (Å²) in [5.74, 6) is 1.61. The highest BCUT2D eigenvalue weighted by molar-refractivity contribution is 5.83. The van der Waals surface area contributed by atoms with Crippen LogP contribution in [0.25, 0.3) is 10.9 Å². The molecule has 0 bridgehead atoms. The number of fused-ring (bicyclic) bond motifs is 1. The van der Waals surface area contributed by atoms with E-state index in [-0.39, 0.29) is 0 Å². The van der Waals surface area contributed by atoms with E-state index < -0.39 is 0 Å². The van der Waals surface area contributed by atoms with Gasteiger partial charge in [-0.25, -0.2) is 0 Å². The first-order valence-electron chi connectivity index (χ1n) is 6.60. The summed E-state index contributed by atoms with van der Waals surface area (Å²) in [6.45, 7) is 2.63. The Kier molecular flexibility index (Phi) is 3.33. The van der Waals surface area contributed by atoms with Gasteiger partial charge in [-0.3, -0.25) is 0 Å². The van der Waals surface area contributed by atoms with Crippen molar-refractivity contribution in [3.63, 3.8) is 0 Å². The highest BCUT2D eigenvalue weighted by atomic mass is 16.5. The summed E-state index contributed by atoms with van der Waals surface area (Å²) >= 11 is 0. The van der Waals surface area contributed by atoms with Crippen molar-refractivity contribution in [2.24, 2.45) is 0 Å². The zero-order valence-corrected chi connectivity index (χ0v) is 11.6. The second-order valence-electron chi connectivity index (χ2n) is 4.83. The Morgan fingerprint density at radius 3 is 2.75 bits per heavy atom. The molecule has 0 saturated carbocycles. The Labute approximate surface area is 118 Å². The van der Waals surface area contributed by atoms with Crippen molar-refractivity contribution in [1.82, 2.24) is 4.98 Å². The highest BCUT2D eigenvalue weighted by Gasteiger charge is 2.05. The van der Waals surface area contributed by atoms with Crippen LogP contribution >= 0.6 is 0 Å². The molecule has 0 unspecified atom stereocenters. The van der Waals surface area contributed by atoms with Crippen molar-refractivity contribution in [3.05, 3.63) is 59.8 Å². The maximum Gasteiger partial charge on any atom is 0.123 e. The van der Waals surface area contributed by atoms with Crippen LogP contribution in [0, 0.1) is 6.92 Å². The largest absolute Gasteiger partial charge is 0.497 e. The molecule has 0 fully saturated rings. The van der Waals surface area contributed by atoms with E-state index >= 15 is 0 Å². The minimum absolute atomic E-state index is 0.538. The van der Waals surface area contributed by atoms with Crippen molar-refractivity contribution < 1.29 is 9.47 Å². The van der Waals surface area contributed by atoms with Crippen LogP contribution in [0.2, 0.25) is 0 Å². The molecule has 1 N–H and O–H groups in total. The van der Waals surface area contributed by atoms with Crippen LogP contribution in [0.15, 0.2) is 48.7 Å². The van der Waals surface area contributed by atoms with Crippen LogP contribution in [0.5, 0.6) is 11.5 Å². The first-order valence-corrected chi connectivity index (χ1v) is 6.60. The number of nitrogens with one attached hydrogen (secondary N) is 1. The molecule has 0 amide bonds. The van der Waals surface area contributed by atoms with Gasteiger partial charge in [0.2, 0.25) is 0 Å². The van der Waals surface area contributed by atoms with Crippen molar-refractivity contribution >= 4 is 10.9 Å². The average Bonchev–Trinajstić information content (AvgIpc) is 2.87. The lowest BCUT2D eigenvalue weighted by Gasteiger charge is -2.07. The summed E-state index contributed by atoms with van der Waals surface area (Å²) < 4.78 is 11.0. The zero-order chi connectivity index (χ0) is 13.9. The first kappa shape index (κ1) is 12.6. The predicted octanol–water partition coefficient (Wildman–Crippen LogP) is 4.06. The van der Waals surface area contributed by atoms with E-state index in [0.717, 1.165) is 22.6 Å². The smallest absolute Gasteiger partial charge is 0.123 e. The Hall–Kier alpha value is -2.42. The van der Waals surface area contributed by atoms with Gasteiger partial charge in [0.15, 0.2) is 0 Å². The molecule has 102 valence electrons. The minimum Gasteiger partial charge on any atom is -0.497 e. The predicted molar refractivity (Wildman–Crippen MR) is 80.4 cm³/mol. The van der Waals surface area contributed by atoms with Crippen LogP contribution in [-0.2, 0) is 6.61 Å². The zero-order valence-electron chi connectivity index (χ0n) is 11.6. The third-order valence-corrected chi connectivity index (χ3v) is 3.36. The van der Waals surface area contributed by atoms with Gasteiger partial charge in [-0.2, -0.15) is 0 Å². The molecule has 3 aromatic rings. The summed E-state index contributed by atoms with van der Waals surface area (Å²) in [5, 5.41) is 1.21. The normalized spacial score (nSPS) is 10.7. The monoisotopic (exact) mass is 267 g/mol. The van der Waals surface area contributed by atoms with Crippen LogP contribution < -0.4 is 9.47 Å². The second kappa shape index (κ2) is 5.29. The highest BCUT2D eigenvalue weighted by Crippen LogP contribution is 2.23. The fraction of sp³-hybridized carbons (Fsp3) is 0.176. The molecule has 0 saturated heterocycles. The Morgan fingerprint density at radius 1 is 1.05 bits per heavy atom. The summed E-state index contributed by atoms with van der Waals surface area (Å²) in [4.78, 5) is 3.28. The first-order chi connectivity index (χ1) is 9.76. The molecule has 0 atom stereocenters. The third kappa shape index (κ3) is 2.48. The second-order valence-corrected chi connectivity index (χ2v) is 4.83. The Morgan fingerprint density at radius 2 is 1.90 bits per heavy atom. The number of ether oxygens (including phenoxy) is 2. The molecular formula is C17H17NO2. The Bertz CT molecular complexity index is 731. The van der Waals surface area contributed by atoms with E-state index in [0.29, 0.717) is 6.61 Å². The minimum atomic E-state index is 0.538. The molecule has 0 aliphatic carbocycles. The number of benzene rings is 2. The van der Waals surface area contributed by atoms with E-state index in [4.69, 9.17) is 9.47 Å². The summed E-state index contributed by atoms with van der Waals surface area (Å²) in [5.41, 5.74) is 3.55. The van der Waals surface area contributed by atoms with Gasteiger partial charge in [-0.15, -0.1) is 0 Å². The van der Waals surface area contributed by atoms with Gasteiger partial charge in [-0.05, 0) is 30.7 Å². The van der Waals surface area contributed by atoms with Crippen molar-refractivity contribution in [3.8, 4) is 11.5 Å². The molecule has 20 heavy (non-hydrogen) atoms. The molecule has 1 aromatic heterocycles. The summed E-state index contributed by atoms with van der Waals surface area (Å²) in [6, 6.07) is 14.0. The number of aromatic amines is 1. The third-order valence-electron chi connectivity index (χ3n) is 3.36. The van der Waals surface area contributed by atoms with E-state index in [1.54, 1.807) is 7.11 Å². The number of hydrogen-bond acceptors (Lipinski definition) is 2. The number of H-pyrrole nitrogens is 1. The molecule has 0 aliphatic heterocycles. The lowest BCUT2D eigenvalue weighted by Crippen LogP contribution is -1.94. The lowest BCUT2D eigenvalue weighted by molar-refractivity contribution is 0.305. The molecule has 2 aromatic carbocycles. The van der Waals surface area contributed by atoms with E-state index in [9.17, 15) is 0 Å². The average molecular weight is 267 g/mol. The number of methoxy groups -OCH3 is 1. The van der Waals surface area contributed by atoms with Gasteiger partial charge in [0, 0.05) is 28.7 Å². The van der Waals surface area contributed by atoms with E-state index in [1.807, 2.05) is 30.5 Å². The van der Waals surface area contributed by atoms with Gasteiger partial charge in [-0.1, -0.05) is 18.2 Å². The van der Waals surface area contributed by atoms with Crippen molar-refractivity contribution in [2.45, 2.75) is 13.5 Å². The van der Waals surface area contributed by atoms with Crippen molar-refractivity contribution in [1.29, 1.82) is 0 Å². The van der Waals surface area contributed by atoms with Crippen LogP contribution in [0.4, 0.5) is 0 Å². The van der Waals surface area contributed by atoms with Gasteiger partial charge < -0.3 is 14.5 Å². The lowest BCUT2D eigenvalue weighted by atomic mass is 10.1. The summed E-state index contributed by atoms with van der Waals surface area (Å²) in [7, 11) is 1.65. The maximum absolute atomic E-state index is 5.83. The fourth-order valence-electron chi connectivity index (χ4n) is 2.27. The number of aromatic nitrogens is 1. The Balaban J connectivity index is 1.79. The van der Waals surface area contributed by atoms with E-state index in [1.165, 1.54) is 10.9 Å². The number of hydrogen-bond donors (Lipinski definition) is 1. The standard InChI is InChI=1S/C17H17NO2/c1-12-6-7-16-13(10-18-17(16)8-12)11-20-15-5-3-4-14(9-15)19-2/h3-10,18H,11H2,1-2H3. The molecular weight excluding hydrogens is 250 g/mol. The molecule has 0 aliphatic rings. The van der Waals surface area contributed by atoms with Gasteiger partial charge in [0.05, 0.1) is 7.11 Å². The maximum atomic E-state index is 5.83. The molecule has 3 nitrogen and oxygen atoms in total. The van der Waals surface area contributed by atoms with Crippen LogP contribution in [0.3, 0.4) is 0 Å². The summed E-state index contributed by atoms with van der Waals surface area (Å²) in [6.07, 6.45) is 2.00. The van der Waals surface area contributed by atoms with E-state index in [2.05, 4.69) is 30.1 Å². The molecule has 3 rings (SSSR count). The fourth-order valence-corrected chi connectivity index (χ4v) is 2.27. The van der Waals surface area contributed by atoms with Crippen LogP contribution in [-0.4, -0.2) is 12.1 Å². The van der Waals surface area contributed by atoms with Crippen LogP contribution in [0.1, 0.15) is 11.1 Å². The molecule has 0 spiro atoms. The SMILES string of the molecule is COc1cccc(OCc2c[nH]c3cc(C)ccc23)c1. The van der Waals surface area contributed by atoms with Gasteiger partial charge >= 0.3 is 0 Å². The van der Waals surface area contributed by atoms with Gasteiger partial charge in [0.25, 0.3) is 0 Å². The van der Waals surface area contributed by atoms with Crippen molar-refractivity contribution in [2.75, 3.05) is 7.11 Å². The number of rotatable bonds is 4.